The molecule has 230 valence electrons. The number of nitrogens with one attached hydrogen (secondary N) is 1. The van der Waals surface area contributed by atoms with E-state index in [4.69, 9.17) is 9.57 Å². The first-order valence-electron chi connectivity index (χ1n) is 15.3. The van der Waals surface area contributed by atoms with Crippen LogP contribution in [0.2, 0.25) is 0 Å². The summed E-state index contributed by atoms with van der Waals surface area (Å²) in [5, 5.41) is 26.0. The summed E-state index contributed by atoms with van der Waals surface area (Å²) in [6.45, 7) is 10.7. The third-order valence-corrected chi connectivity index (χ3v) is 10.6. The number of ether oxygens (including phenoxy) is 1. The lowest BCUT2D eigenvalue weighted by molar-refractivity contribution is -0.183. The number of fused-ring (bicyclic) bond motifs is 2. The lowest BCUT2D eigenvalue weighted by Crippen LogP contribution is -2.62. The number of para-hydroxylation sites is 1. The fraction of sp³-hybridized carbons (Fsp3) is 0.618. The minimum absolute atomic E-state index is 0.0871. The summed E-state index contributed by atoms with van der Waals surface area (Å²) in [6.07, 6.45) is 0.665. The zero-order chi connectivity index (χ0) is 30.5. The number of aliphatic hydroxyl groups is 2. The molecule has 8 atom stereocenters. The Bertz CT molecular complexity index is 1290. The second kappa shape index (κ2) is 11.8. The number of carbonyl (C=O) groups is 1. The van der Waals surface area contributed by atoms with Crippen molar-refractivity contribution in [3.63, 3.8) is 0 Å². The van der Waals surface area contributed by atoms with E-state index in [-0.39, 0.29) is 25.1 Å². The van der Waals surface area contributed by atoms with Crippen molar-refractivity contribution < 1.29 is 24.6 Å². The fourth-order valence-electron chi connectivity index (χ4n) is 8.01. The van der Waals surface area contributed by atoms with Crippen LogP contribution in [-0.2, 0) is 16.2 Å². The van der Waals surface area contributed by atoms with Gasteiger partial charge in [0.15, 0.2) is 0 Å². The highest BCUT2D eigenvalue weighted by Gasteiger charge is 2.57. The monoisotopic (exact) mass is 579 g/mol. The van der Waals surface area contributed by atoms with Gasteiger partial charge in [-0.1, -0.05) is 45.0 Å². The maximum atomic E-state index is 14.0. The number of anilines is 1. The normalized spacial score (nSPS) is 30.9. The van der Waals surface area contributed by atoms with Gasteiger partial charge in [0.05, 0.1) is 26.4 Å². The van der Waals surface area contributed by atoms with Crippen molar-refractivity contribution in [2.45, 2.75) is 78.3 Å². The van der Waals surface area contributed by atoms with Crippen LogP contribution in [0.1, 0.15) is 51.7 Å². The Morgan fingerprint density at radius 2 is 1.98 bits per heavy atom. The first-order valence-corrected chi connectivity index (χ1v) is 15.3. The predicted octanol–water partition coefficient (Wildman–Crippen LogP) is 4.40. The average molecular weight is 580 g/mol. The van der Waals surface area contributed by atoms with Crippen molar-refractivity contribution in [3.8, 4) is 16.9 Å². The summed E-state index contributed by atoms with van der Waals surface area (Å²) in [7, 11) is 5.71. The van der Waals surface area contributed by atoms with Crippen molar-refractivity contribution in [1.29, 1.82) is 0 Å². The van der Waals surface area contributed by atoms with E-state index in [1.807, 2.05) is 32.3 Å². The Kier molecular flexibility index (Phi) is 8.65. The molecule has 1 amide bonds. The highest BCUT2D eigenvalue weighted by atomic mass is 16.7. The van der Waals surface area contributed by atoms with Gasteiger partial charge in [-0.2, -0.15) is 5.06 Å². The zero-order valence-electron chi connectivity index (χ0n) is 26.4. The predicted molar refractivity (Wildman–Crippen MR) is 165 cm³/mol. The number of amides is 1. The largest absolute Gasteiger partial charge is 0.496 e. The number of hydroxylamine groups is 2. The van der Waals surface area contributed by atoms with E-state index >= 15 is 0 Å². The third kappa shape index (κ3) is 5.43. The number of nitrogens with zero attached hydrogens (tertiary/aromatic N) is 2. The molecule has 8 heteroatoms. The Morgan fingerprint density at radius 1 is 1.24 bits per heavy atom. The molecule has 42 heavy (non-hydrogen) atoms. The highest BCUT2D eigenvalue weighted by molar-refractivity contribution is 5.83. The van der Waals surface area contributed by atoms with Crippen molar-refractivity contribution >= 4 is 11.6 Å². The van der Waals surface area contributed by atoms with Gasteiger partial charge in [0, 0.05) is 42.9 Å². The summed E-state index contributed by atoms with van der Waals surface area (Å²) in [5.74, 6) is 1.56. The number of methoxy groups -OCH3 is 1. The van der Waals surface area contributed by atoms with E-state index in [9.17, 15) is 15.0 Å². The van der Waals surface area contributed by atoms with Crippen LogP contribution in [0.5, 0.6) is 5.75 Å². The van der Waals surface area contributed by atoms with Crippen LogP contribution in [0.15, 0.2) is 36.4 Å². The van der Waals surface area contributed by atoms with E-state index < -0.39 is 24.2 Å². The van der Waals surface area contributed by atoms with Crippen LogP contribution < -0.4 is 15.0 Å². The van der Waals surface area contributed by atoms with Gasteiger partial charge in [0.1, 0.15) is 17.9 Å². The van der Waals surface area contributed by atoms with Crippen molar-refractivity contribution in [2.75, 3.05) is 32.7 Å². The molecule has 1 aliphatic heterocycles. The number of aryl methyl sites for hydroxylation is 1. The van der Waals surface area contributed by atoms with Gasteiger partial charge >= 0.3 is 0 Å². The number of aliphatic hydroxyl groups excluding tert-OH is 2. The lowest BCUT2D eigenvalue weighted by atomic mass is 9.45. The molecule has 0 spiro atoms. The molecule has 3 aliphatic carbocycles. The van der Waals surface area contributed by atoms with Crippen LogP contribution in [0.3, 0.4) is 0 Å². The quantitative estimate of drug-likeness (QED) is 0.406. The van der Waals surface area contributed by atoms with Gasteiger partial charge in [-0.3, -0.25) is 9.63 Å². The van der Waals surface area contributed by atoms with Gasteiger partial charge in [-0.05, 0) is 73.1 Å². The van der Waals surface area contributed by atoms with E-state index in [0.717, 1.165) is 34.4 Å². The van der Waals surface area contributed by atoms with Gasteiger partial charge in [0.25, 0.3) is 0 Å². The lowest BCUT2D eigenvalue weighted by Gasteiger charge is -2.62. The molecule has 0 radical (unpaired) electrons. The van der Waals surface area contributed by atoms with E-state index in [1.54, 1.807) is 19.1 Å². The molecular formula is C34H49N3O5. The van der Waals surface area contributed by atoms with Gasteiger partial charge in [-0.25, -0.2) is 0 Å². The Balaban J connectivity index is 1.44. The molecule has 1 saturated heterocycles. The van der Waals surface area contributed by atoms with Crippen molar-refractivity contribution in [3.05, 3.63) is 47.5 Å². The number of carbonyl (C=O) groups excluding carboxylic acids is 1. The van der Waals surface area contributed by atoms with Crippen LogP contribution in [-0.4, -0.2) is 73.3 Å². The Morgan fingerprint density at radius 3 is 2.57 bits per heavy atom. The number of hydrogen-bond donors (Lipinski definition) is 3. The molecule has 4 aliphatic rings. The molecule has 1 heterocycles. The Hall–Kier alpha value is -2.65. The summed E-state index contributed by atoms with van der Waals surface area (Å²) in [4.78, 5) is 22.3. The molecule has 3 saturated carbocycles. The third-order valence-electron chi connectivity index (χ3n) is 10.6. The number of hydrogen-bond acceptors (Lipinski definition) is 7. The second-order valence-electron chi connectivity index (χ2n) is 13.7. The van der Waals surface area contributed by atoms with E-state index in [2.05, 4.69) is 56.1 Å². The van der Waals surface area contributed by atoms with Crippen LogP contribution in [0.25, 0.3) is 11.1 Å². The van der Waals surface area contributed by atoms with Gasteiger partial charge in [0.2, 0.25) is 5.91 Å². The number of benzene rings is 2. The standard InChI is InChI=1S/C34H49N3O5/c1-19-12-23(14-25(13-19)36(6)7)26-11-9-10-22(32(26)41-8)17-37-31(30(21(3)39)29(18-38)42-37)33(40)35-28-16-24-15-27(20(28)2)34(24,4)5/h9-14,20-21,24,27-31,38-39H,15-18H2,1-8H3,(H,35,40)/t20-,21-,24+,27-,28-,29-,30-,31-/m0/s1. The average Bonchev–Trinajstić information content (AvgIpc) is 3.31. The van der Waals surface area contributed by atoms with Crippen LogP contribution in [0, 0.1) is 36.0 Å². The molecule has 0 aromatic heterocycles. The summed E-state index contributed by atoms with van der Waals surface area (Å²) in [6, 6.07) is 11.8. The molecule has 4 fully saturated rings. The topological polar surface area (TPSA) is 94.5 Å². The smallest absolute Gasteiger partial charge is 0.240 e. The fourth-order valence-corrected chi connectivity index (χ4v) is 8.01. The molecule has 2 aromatic rings. The summed E-state index contributed by atoms with van der Waals surface area (Å²) < 4.78 is 5.98. The van der Waals surface area contributed by atoms with Crippen LogP contribution >= 0.6 is 0 Å². The van der Waals surface area contributed by atoms with Gasteiger partial charge in [-0.15, -0.1) is 0 Å². The summed E-state index contributed by atoms with van der Waals surface area (Å²) >= 11 is 0. The number of rotatable bonds is 9. The van der Waals surface area contributed by atoms with Crippen LogP contribution in [0.4, 0.5) is 5.69 Å². The first-order chi connectivity index (χ1) is 19.9. The highest BCUT2D eigenvalue weighted by Crippen LogP contribution is 2.61. The minimum atomic E-state index is -0.844. The SMILES string of the molecule is COc1c(CN2O[C@@H](CO)[C@H]([C@H](C)O)[C@H]2C(=O)N[C@H]2C[C@H]3C[C@@H]([C@@H]2C)C3(C)C)cccc1-c1cc(C)cc(N(C)C)c1. The van der Waals surface area contributed by atoms with Crippen molar-refractivity contribution in [2.24, 2.45) is 29.1 Å². The first kappa shape index (κ1) is 30.8. The summed E-state index contributed by atoms with van der Waals surface area (Å²) in [5.41, 5.74) is 5.41. The molecule has 6 rings (SSSR count). The zero-order valence-corrected chi connectivity index (χ0v) is 26.4. The molecule has 2 bridgehead atoms. The maximum absolute atomic E-state index is 14.0. The van der Waals surface area contributed by atoms with E-state index in [0.29, 0.717) is 28.9 Å². The molecule has 3 N–H and O–H groups in total. The molecular weight excluding hydrogens is 530 g/mol. The molecule has 8 nitrogen and oxygen atoms in total. The molecule has 0 unspecified atom stereocenters. The van der Waals surface area contributed by atoms with E-state index in [1.165, 1.54) is 6.42 Å². The maximum Gasteiger partial charge on any atom is 0.240 e. The minimum Gasteiger partial charge on any atom is -0.496 e. The second-order valence-corrected chi connectivity index (χ2v) is 13.7. The Labute approximate surface area is 251 Å². The molecule has 2 aromatic carbocycles. The van der Waals surface area contributed by atoms with Crippen molar-refractivity contribution in [1.82, 2.24) is 10.4 Å². The van der Waals surface area contributed by atoms with Gasteiger partial charge < -0.3 is 25.2 Å².